The van der Waals surface area contributed by atoms with Crippen LogP contribution in [0.4, 0.5) is 22.9 Å². The van der Waals surface area contributed by atoms with Crippen LogP contribution < -0.4 is 32.1 Å². The summed E-state index contributed by atoms with van der Waals surface area (Å²) < 4.78 is 1.35. The number of hydrogen-bond donors (Lipinski definition) is 3. The number of amides is 2. The van der Waals surface area contributed by atoms with Crippen LogP contribution in [-0.4, -0.2) is 41.0 Å². The van der Waals surface area contributed by atoms with Crippen LogP contribution >= 0.6 is 0 Å². The molecule has 0 aliphatic carbocycles. The summed E-state index contributed by atoms with van der Waals surface area (Å²) in [4.78, 5) is 55.1. The first-order valence-electron chi connectivity index (χ1n) is 11.4. The molecule has 1 fully saturated rings. The van der Waals surface area contributed by atoms with Crippen molar-refractivity contribution in [2.75, 3.05) is 40.5 Å². The number of aromatic nitrogens is 2. The van der Waals surface area contributed by atoms with Gasteiger partial charge in [0.05, 0.1) is 6.54 Å². The third-order valence-corrected chi connectivity index (χ3v) is 5.63. The first kappa shape index (κ1) is 24.1. The maximum Gasteiger partial charge on any atom is 0.330 e. The molecular formula is C23H32N6O4. The van der Waals surface area contributed by atoms with Crippen molar-refractivity contribution < 1.29 is 9.59 Å². The second kappa shape index (κ2) is 10.8. The molecule has 33 heavy (non-hydrogen) atoms. The second-order valence-electron chi connectivity index (χ2n) is 8.16. The molecule has 0 spiro atoms. The number of hydrogen-bond acceptors (Lipinski definition) is 6. The highest BCUT2D eigenvalue weighted by molar-refractivity contribution is 5.97. The topological polar surface area (TPSA) is 134 Å². The number of carbonyl (C=O) groups excluding carboxylic acids is 2. The van der Waals surface area contributed by atoms with Crippen molar-refractivity contribution in [1.29, 1.82) is 0 Å². The summed E-state index contributed by atoms with van der Waals surface area (Å²) in [6, 6.07) is 7.09. The molecule has 2 amide bonds. The Morgan fingerprint density at radius 1 is 1.15 bits per heavy atom. The minimum atomic E-state index is -0.605. The number of nitrogens with zero attached hydrogens (tertiary/aromatic N) is 3. The Labute approximate surface area is 192 Å². The maximum atomic E-state index is 12.8. The number of unbranched alkanes of at least 4 members (excludes halogenated alkanes) is 1. The predicted octanol–water partition coefficient (Wildman–Crippen LogP) is 1.90. The van der Waals surface area contributed by atoms with Crippen molar-refractivity contribution in [3.63, 3.8) is 0 Å². The number of benzene rings is 1. The van der Waals surface area contributed by atoms with Crippen molar-refractivity contribution in [1.82, 2.24) is 9.55 Å². The van der Waals surface area contributed by atoms with Crippen LogP contribution in [-0.2, 0) is 16.1 Å². The van der Waals surface area contributed by atoms with Crippen molar-refractivity contribution in [3.8, 4) is 0 Å². The molecule has 1 aliphatic heterocycles. The van der Waals surface area contributed by atoms with Crippen LogP contribution in [0.25, 0.3) is 0 Å². The number of carbonyl (C=O) groups is 2. The summed E-state index contributed by atoms with van der Waals surface area (Å²) in [5, 5.41) is 2.82. The van der Waals surface area contributed by atoms with Gasteiger partial charge in [-0.1, -0.05) is 20.3 Å². The van der Waals surface area contributed by atoms with E-state index < -0.39 is 11.2 Å². The predicted molar refractivity (Wildman–Crippen MR) is 130 cm³/mol. The Hall–Kier alpha value is -3.56. The Balaban J connectivity index is 1.76. The Morgan fingerprint density at radius 2 is 1.88 bits per heavy atom. The van der Waals surface area contributed by atoms with Gasteiger partial charge in [0, 0.05) is 37.4 Å². The quantitative estimate of drug-likeness (QED) is 0.500. The Morgan fingerprint density at radius 3 is 2.48 bits per heavy atom. The zero-order valence-electron chi connectivity index (χ0n) is 19.2. The van der Waals surface area contributed by atoms with E-state index in [9.17, 15) is 19.2 Å². The number of nitrogen functional groups attached to an aromatic ring is 1. The molecule has 4 N–H and O–H groups in total. The molecule has 0 radical (unpaired) electrons. The zero-order valence-corrected chi connectivity index (χ0v) is 19.2. The van der Waals surface area contributed by atoms with Gasteiger partial charge in [-0.05, 0) is 43.5 Å². The first-order chi connectivity index (χ1) is 15.8. The average molecular weight is 457 g/mol. The van der Waals surface area contributed by atoms with E-state index in [-0.39, 0.29) is 29.9 Å². The molecule has 1 saturated heterocycles. The Bertz CT molecular complexity index is 1110. The third kappa shape index (κ3) is 5.63. The molecule has 10 heteroatoms. The van der Waals surface area contributed by atoms with Crippen molar-refractivity contribution in [3.05, 3.63) is 45.1 Å². The van der Waals surface area contributed by atoms with Gasteiger partial charge in [-0.2, -0.15) is 0 Å². The van der Waals surface area contributed by atoms with Gasteiger partial charge in [-0.25, -0.2) is 4.79 Å². The number of H-pyrrole nitrogens is 1. The fourth-order valence-electron chi connectivity index (χ4n) is 3.98. The lowest BCUT2D eigenvalue weighted by Crippen LogP contribution is -2.41. The van der Waals surface area contributed by atoms with Gasteiger partial charge >= 0.3 is 5.69 Å². The normalized spacial score (nSPS) is 13.4. The summed E-state index contributed by atoms with van der Waals surface area (Å²) in [6.45, 7) is 5.34. The smallest absolute Gasteiger partial charge is 0.330 e. The van der Waals surface area contributed by atoms with Gasteiger partial charge in [-0.3, -0.25) is 23.9 Å². The van der Waals surface area contributed by atoms with E-state index in [1.54, 1.807) is 34.1 Å². The maximum absolute atomic E-state index is 12.8. The molecule has 2 heterocycles. The van der Waals surface area contributed by atoms with Gasteiger partial charge < -0.3 is 20.9 Å². The standard InChI is InChI=1S/C23H32N6O4/c1-3-5-13-29-21(24)20(22(32)26-23(29)33)27(12-4-2)15-18(30)25-16-8-10-17(11-9-16)28-14-6-7-19(28)31/h8-11H,3-7,12-15,24H2,1-2H3,(H,25,30)(H,26,32,33). The van der Waals surface area contributed by atoms with Gasteiger partial charge in [0.1, 0.15) is 11.5 Å². The lowest BCUT2D eigenvalue weighted by Gasteiger charge is -2.25. The molecule has 178 valence electrons. The molecule has 0 unspecified atom stereocenters. The highest BCUT2D eigenvalue weighted by atomic mass is 16.2. The number of rotatable bonds is 10. The molecule has 0 bridgehead atoms. The SMILES string of the molecule is CCCCn1c(N)c(N(CCC)CC(=O)Nc2ccc(N3CCCC3=O)cc2)c(=O)[nH]c1=O. The van der Waals surface area contributed by atoms with E-state index in [1.165, 1.54) is 4.57 Å². The highest BCUT2D eigenvalue weighted by Crippen LogP contribution is 2.23. The van der Waals surface area contributed by atoms with E-state index >= 15 is 0 Å². The molecular weight excluding hydrogens is 424 g/mol. The third-order valence-electron chi connectivity index (χ3n) is 5.63. The van der Waals surface area contributed by atoms with Crippen molar-refractivity contribution in [2.24, 2.45) is 0 Å². The molecule has 1 aromatic carbocycles. The molecule has 0 atom stereocenters. The molecule has 1 aromatic heterocycles. The van der Waals surface area contributed by atoms with Crippen molar-refractivity contribution >= 4 is 34.7 Å². The van der Waals surface area contributed by atoms with Crippen LogP contribution in [0, 0.1) is 0 Å². The lowest BCUT2D eigenvalue weighted by atomic mass is 10.2. The van der Waals surface area contributed by atoms with Crippen LogP contribution in [0.1, 0.15) is 46.0 Å². The summed E-state index contributed by atoms with van der Waals surface area (Å²) in [5.41, 5.74) is 6.57. The van der Waals surface area contributed by atoms with E-state index in [1.807, 2.05) is 13.8 Å². The van der Waals surface area contributed by atoms with Crippen molar-refractivity contribution in [2.45, 2.75) is 52.5 Å². The highest BCUT2D eigenvalue weighted by Gasteiger charge is 2.22. The lowest BCUT2D eigenvalue weighted by molar-refractivity contribution is -0.117. The van der Waals surface area contributed by atoms with Crippen LogP contribution in [0.3, 0.4) is 0 Å². The Kier molecular flexibility index (Phi) is 7.92. The van der Waals surface area contributed by atoms with Gasteiger partial charge in [0.2, 0.25) is 11.8 Å². The molecule has 3 rings (SSSR count). The summed E-state index contributed by atoms with van der Waals surface area (Å²) >= 11 is 0. The second-order valence-corrected chi connectivity index (χ2v) is 8.16. The average Bonchev–Trinajstić information content (AvgIpc) is 3.20. The van der Waals surface area contributed by atoms with E-state index in [0.717, 1.165) is 24.9 Å². The molecule has 2 aromatic rings. The van der Waals surface area contributed by atoms with Gasteiger partial charge in [-0.15, -0.1) is 0 Å². The van der Waals surface area contributed by atoms with E-state index in [2.05, 4.69) is 10.3 Å². The largest absolute Gasteiger partial charge is 0.383 e. The van der Waals surface area contributed by atoms with E-state index in [0.29, 0.717) is 38.2 Å². The molecule has 10 nitrogen and oxygen atoms in total. The fraction of sp³-hybridized carbons (Fsp3) is 0.478. The monoisotopic (exact) mass is 456 g/mol. The van der Waals surface area contributed by atoms with Crippen LogP contribution in [0.15, 0.2) is 33.9 Å². The number of nitrogens with one attached hydrogen (secondary N) is 2. The number of aromatic amines is 1. The summed E-state index contributed by atoms with van der Waals surface area (Å²) in [7, 11) is 0. The number of anilines is 4. The van der Waals surface area contributed by atoms with Gasteiger partial charge in [0.15, 0.2) is 0 Å². The zero-order chi connectivity index (χ0) is 24.0. The fourth-order valence-corrected chi connectivity index (χ4v) is 3.98. The van der Waals surface area contributed by atoms with E-state index in [4.69, 9.17) is 5.73 Å². The molecule has 0 saturated carbocycles. The van der Waals surface area contributed by atoms with Crippen LogP contribution in [0.2, 0.25) is 0 Å². The minimum absolute atomic E-state index is 0.0677. The van der Waals surface area contributed by atoms with Crippen LogP contribution in [0.5, 0.6) is 0 Å². The number of nitrogens with two attached hydrogens (primary N) is 1. The molecule has 1 aliphatic rings. The van der Waals surface area contributed by atoms with Gasteiger partial charge in [0.25, 0.3) is 5.56 Å². The first-order valence-corrected chi connectivity index (χ1v) is 11.4. The minimum Gasteiger partial charge on any atom is -0.383 e. The summed E-state index contributed by atoms with van der Waals surface area (Å²) in [6.07, 6.45) is 3.69. The summed E-state index contributed by atoms with van der Waals surface area (Å²) in [5.74, 6) is -0.151.